The van der Waals surface area contributed by atoms with Crippen LogP contribution in [0.2, 0.25) is 0 Å². The van der Waals surface area contributed by atoms with E-state index in [1.165, 1.54) is 32.4 Å². The molecule has 0 bridgehead atoms. The van der Waals surface area contributed by atoms with Crippen LogP contribution in [0.1, 0.15) is 52.9 Å². The molecule has 3 N–H and O–H groups in total. The van der Waals surface area contributed by atoms with E-state index in [1.54, 1.807) is 0 Å². The van der Waals surface area contributed by atoms with Gasteiger partial charge in [0.25, 0.3) is 0 Å². The van der Waals surface area contributed by atoms with E-state index in [0.717, 1.165) is 50.8 Å². The van der Waals surface area contributed by atoms with E-state index in [2.05, 4.69) is 46.6 Å². The fourth-order valence-corrected chi connectivity index (χ4v) is 3.35. The maximum Gasteiger partial charge on any atom is 0.191 e. The molecule has 1 aliphatic rings. The van der Waals surface area contributed by atoms with Gasteiger partial charge in [0.15, 0.2) is 5.96 Å². The number of likely N-dealkylation sites (tertiary alicyclic amines) is 1. The summed E-state index contributed by atoms with van der Waals surface area (Å²) in [5, 5.41) is 10.2. The second kappa shape index (κ2) is 11.8. The number of pyridine rings is 1. The summed E-state index contributed by atoms with van der Waals surface area (Å²) in [5.41, 5.74) is 0.120. The van der Waals surface area contributed by atoms with Crippen molar-refractivity contribution in [2.75, 3.05) is 44.6 Å². The van der Waals surface area contributed by atoms with Crippen molar-refractivity contribution in [1.29, 1.82) is 0 Å². The van der Waals surface area contributed by atoms with Crippen LogP contribution in [0.15, 0.2) is 29.4 Å². The lowest BCUT2D eigenvalue weighted by Crippen LogP contribution is -2.49. The molecule has 0 aromatic carbocycles. The zero-order valence-electron chi connectivity index (χ0n) is 17.4. The normalized spacial score (nSPS) is 16.2. The Bertz CT molecular complexity index is 537. The van der Waals surface area contributed by atoms with E-state index in [-0.39, 0.29) is 5.54 Å². The SMILES string of the molecule is CCNC(=NCC(C)(C)N1CCCCC1)NCCCCNc1ccccn1. The molecule has 1 aromatic heterocycles. The first-order chi connectivity index (χ1) is 13.1. The smallest absolute Gasteiger partial charge is 0.191 e. The summed E-state index contributed by atoms with van der Waals surface area (Å²) < 4.78 is 0. The van der Waals surface area contributed by atoms with E-state index >= 15 is 0 Å². The van der Waals surface area contributed by atoms with E-state index in [9.17, 15) is 0 Å². The first-order valence-electron chi connectivity index (χ1n) is 10.5. The van der Waals surface area contributed by atoms with Gasteiger partial charge in [-0.15, -0.1) is 0 Å². The molecule has 0 radical (unpaired) electrons. The Morgan fingerprint density at radius 1 is 1.11 bits per heavy atom. The monoisotopic (exact) mass is 374 g/mol. The fourth-order valence-electron chi connectivity index (χ4n) is 3.35. The molecule has 0 aliphatic carbocycles. The van der Waals surface area contributed by atoms with Crippen molar-refractivity contribution in [2.24, 2.45) is 4.99 Å². The number of rotatable bonds is 10. The Labute approximate surface area is 165 Å². The molecule has 0 spiro atoms. The molecule has 6 nitrogen and oxygen atoms in total. The molecule has 1 saturated heterocycles. The highest BCUT2D eigenvalue weighted by Crippen LogP contribution is 2.20. The highest BCUT2D eigenvalue weighted by Gasteiger charge is 2.27. The third-order valence-corrected chi connectivity index (χ3v) is 5.05. The molecule has 1 aliphatic heterocycles. The Morgan fingerprint density at radius 2 is 1.89 bits per heavy atom. The summed E-state index contributed by atoms with van der Waals surface area (Å²) in [7, 11) is 0. The van der Waals surface area contributed by atoms with Crippen LogP contribution < -0.4 is 16.0 Å². The van der Waals surface area contributed by atoms with E-state index < -0.39 is 0 Å². The standard InChI is InChI=1S/C21H38N6/c1-4-22-20(26-18-21(2,3)27-16-10-5-11-17-27)25-15-9-8-14-24-19-12-6-7-13-23-19/h6-7,12-13H,4-5,8-11,14-18H2,1-3H3,(H,23,24)(H2,22,25,26). The highest BCUT2D eigenvalue weighted by atomic mass is 15.2. The highest BCUT2D eigenvalue weighted by molar-refractivity contribution is 5.79. The molecule has 0 atom stereocenters. The first kappa shape index (κ1) is 21.5. The van der Waals surface area contributed by atoms with Gasteiger partial charge < -0.3 is 16.0 Å². The van der Waals surface area contributed by atoms with Crippen LogP contribution in [0.25, 0.3) is 0 Å². The summed E-state index contributed by atoms with van der Waals surface area (Å²) >= 11 is 0. The predicted octanol–water partition coefficient (Wildman–Crippen LogP) is 3.09. The van der Waals surface area contributed by atoms with Gasteiger partial charge in [0.1, 0.15) is 5.82 Å². The van der Waals surface area contributed by atoms with E-state index in [0.29, 0.717) is 0 Å². The minimum absolute atomic E-state index is 0.120. The van der Waals surface area contributed by atoms with Crippen molar-refractivity contribution < 1.29 is 0 Å². The molecule has 1 fully saturated rings. The van der Waals surface area contributed by atoms with Crippen molar-refractivity contribution >= 4 is 11.8 Å². The zero-order chi connectivity index (χ0) is 19.4. The van der Waals surface area contributed by atoms with Gasteiger partial charge in [-0.25, -0.2) is 4.98 Å². The maximum absolute atomic E-state index is 4.85. The second-order valence-corrected chi connectivity index (χ2v) is 7.83. The molecule has 152 valence electrons. The lowest BCUT2D eigenvalue weighted by molar-refractivity contribution is 0.102. The summed E-state index contributed by atoms with van der Waals surface area (Å²) in [5.74, 6) is 1.88. The summed E-state index contributed by atoms with van der Waals surface area (Å²) in [6.45, 7) is 12.7. The minimum atomic E-state index is 0.120. The number of unbranched alkanes of at least 4 members (excludes halogenated alkanes) is 1. The number of guanidine groups is 1. The third kappa shape index (κ3) is 8.16. The summed E-state index contributed by atoms with van der Waals surface area (Å²) in [4.78, 5) is 11.7. The molecule has 27 heavy (non-hydrogen) atoms. The minimum Gasteiger partial charge on any atom is -0.370 e. The molecule has 2 heterocycles. The number of anilines is 1. The van der Waals surface area contributed by atoms with Crippen molar-refractivity contribution in [3.63, 3.8) is 0 Å². The average molecular weight is 375 g/mol. The van der Waals surface area contributed by atoms with Crippen LogP contribution in [-0.4, -0.2) is 60.7 Å². The van der Waals surface area contributed by atoms with E-state index in [4.69, 9.17) is 4.99 Å². The lowest BCUT2D eigenvalue weighted by Gasteiger charge is -2.40. The molecule has 1 aromatic rings. The lowest BCUT2D eigenvalue weighted by atomic mass is 9.99. The van der Waals surface area contributed by atoms with Crippen molar-refractivity contribution in [1.82, 2.24) is 20.5 Å². The van der Waals surface area contributed by atoms with Gasteiger partial charge in [-0.05, 0) is 71.7 Å². The van der Waals surface area contributed by atoms with Crippen LogP contribution in [0, 0.1) is 0 Å². The Morgan fingerprint density at radius 3 is 2.59 bits per heavy atom. The van der Waals surface area contributed by atoms with Crippen molar-refractivity contribution in [3.8, 4) is 0 Å². The van der Waals surface area contributed by atoms with E-state index in [1.807, 2.05) is 24.4 Å². The zero-order valence-corrected chi connectivity index (χ0v) is 17.4. The van der Waals surface area contributed by atoms with Crippen LogP contribution in [0.5, 0.6) is 0 Å². The molecule has 0 amide bonds. The summed E-state index contributed by atoms with van der Waals surface area (Å²) in [6, 6.07) is 5.93. The Balaban J connectivity index is 1.68. The van der Waals surface area contributed by atoms with Gasteiger partial charge in [-0.1, -0.05) is 12.5 Å². The quantitative estimate of drug-likeness (QED) is 0.334. The maximum atomic E-state index is 4.85. The van der Waals surface area contributed by atoms with Gasteiger partial charge in [0, 0.05) is 31.4 Å². The van der Waals surface area contributed by atoms with Crippen LogP contribution in [-0.2, 0) is 0 Å². The largest absolute Gasteiger partial charge is 0.370 e. The second-order valence-electron chi connectivity index (χ2n) is 7.83. The van der Waals surface area contributed by atoms with Gasteiger partial charge in [-0.3, -0.25) is 9.89 Å². The van der Waals surface area contributed by atoms with Crippen LogP contribution in [0.3, 0.4) is 0 Å². The number of nitrogens with one attached hydrogen (secondary N) is 3. The first-order valence-corrected chi connectivity index (χ1v) is 10.5. The molecule has 0 unspecified atom stereocenters. The number of nitrogens with zero attached hydrogens (tertiary/aromatic N) is 3. The number of piperidine rings is 1. The number of hydrogen-bond acceptors (Lipinski definition) is 4. The Hall–Kier alpha value is -1.82. The topological polar surface area (TPSA) is 64.6 Å². The Kier molecular flexibility index (Phi) is 9.39. The molecule has 6 heteroatoms. The van der Waals surface area contributed by atoms with Crippen molar-refractivity contribution in [2.45, 2.75) is 58.4 Å². The molecular weight excluding hydrogens is 336 g/mol. The van der Waals surface area contributed by atoms with Gasteiger partial charge >= 0.3 is 0 Å². The number of hydrogen-bond donors (Lipinski definition) is 3. The molecule has 0 saturated carbocycles. The fraction of sp³-hybridized carbons (Fsp3) is 0.714. The molecule has 2 rings (SSSR count). The third-order valence-electron chi connectivity index (χ3n) is 5.05. The number of aromatic nitrogens is 1. The predicted molar refractivity (Wildman–Crippen MR) is 115 cm³/mol. The van der Waals surface area contributed by atoms with Crippen LogP contribution >= 0.6 is 0 Å². The van der Waals surface area contributed by atoms with Crippen molar-refractivity contribution in [3.05, 3.63) is 24.4 Å². The summed E-state index contributed by atoms with van der Waals surface area (Å²) in [6.07, 6.45) is 8.02. The molecular formula is C21H38N6. The number of aliphatic imine (C=N–C) groups is 1. The van der Waals surface area contributed by atoms with Gasteiger partial charge in [0.2, 0.25) is 0 Å². The van der Waals surface area contributed by atoms with Gasteiger partial charge in [-0.2, -0.15) is 0 Å². The average Bonchev–Trinajstić information content (AvgIpc) is 2.70. The van der Waals surface area contributed by atoms with Gasteiger partial charge in [0.05, 0.1) is 6.54 Å². The van der Waals surface area contributed by atoms with Crippen LogP contribution in [0.4, 0.5) is 5.82 Å².